The lowest BCUT2D eigenvalue weighted by Crippen LogP contribution is -2.47. The lowest BCUT2D eigenvalue weighted by atomic mass is 10.0. The molecule has 7 heteroatoms. The molecule has 1 aromatic heterocycles. The van der Waals surface area contributed by atoms with E-state index in [-0.39, 0.29) is 10.9 Å². The van der Waals surface area contributed by atoms with E-state index in [1.165, 1.54) is 12.3 Å². The highest BCUT2D eigenvalue weighted by Crippen LogP contribution is 2.19. The fraction of sp³-hybridized carbons (Fsp3) is 0.643. The van der Waals surface area contributed by atoms with Gasteiger partial charge in [-0.3, -0.25) is 0 Å². The number of piperidine rings is 1. The van der Waals surface area contributed by atoms with E-state index in [4.69, 9.17) is 0 Å². The van der Waals surface area contributed by atoms with Crippen molar-refractivity contribution in [1.82, 2.24) is 14.6 Å². The summed E-state index contributed by atoms with van der Waals surface area (Å²) in [6, 6.07) is 3.49. The van der Waals surface area contributed by atoms with E-state index in [0.29, 0.717) is 18.4 Å². The Morgan fingerprint density at radius 2 is 2.24 bits per heavy atom. The van der Waals surface area contributed by atoms with Gasteiger partial charge in [0.15, 0.2) is 0 Å². The van der Waals surface area contributed by atoms with E-state index < -0.39 is 10.0 Å². The molecule has 2 heterocycles. The summed E-state index contributed by atoms with van der Waals surface area (Å²) in [5.74, 6) is 0.581. The summed E-state index contributed by atoms with van der Waals surface area (Å²) in [5.41, 5.74) is 0. The van der Waals surface area contributed by atoms with Gasteiger partial charge in [0.2, 0.25) is 10.0 Å². The first-order chi connectivity index (χ1) is 9.92. The molecular formula is C14H24N4O2S. The molecule has 2 atom stereocenters. The molecule has 0 radical (unpaired) electrons. The molecule has 0 spiro atoms. The third kappa shape index (κ3) is 4.15. The monoisotopic (exact) mass is 312 g/mol. The summed E-state index contributed by atoms with van der Waals surface area (Å²) in [5, 5.41) is 3.03. The number of rotatable bonds is 5. The van der Waals surface area contributed by atoms with Crippen molar-refractivity contribution in [3.05, 3.63) is 18.3 Å². The molecule has 21 heavy (non-hydrogen) atoms. The molecule has 1 aliphatic rings. The maximum absolute atomic E-state index is 12.5. The number of hydrogen-bond acceptors (Lipinski definition) is 5. The summed E-state index contributed by atoms with van der Waals surface area (Å²) in [4.78, 5) is 6.62. The molecule has 1 aromatic rings. The second kappa shape index (κ2) is 6.72. The Kier molecular flexibility index (Phi) is 5.18. The molecule has 0 saturated carbocycles. The highest BCUT2D eigenvalue weighted by atomic mass is 32.2. The van der Waals surface area contributed by atoms with Crippen LogP contribution in [0.3, 0.4) is 0 Å². The summed E-state index contributed by atoms with van der Waals surface area (Å²) in [6.45, 7) is 5.68. The van der Waals surface area contributed by atoms with E-state index in [1.807, 2.05) is 6.92 Å². The third-order valence-electron chi connectivity index (χ3n) is 3.93. The van der Waals surface area contributed by atoms with Gasteiger partial charge in [0.25, 0.3) is 0 Å². The Bertz CT molecular complexity index is 576. The quantitative estimate of drug-likeness (QED) is 0.856. The fourth-order valence-corrected chi connectivity index (χ4v) is 3.84. The van der Waals surface area contributed by atoms with Gasteiger partial charge in [-0.25, -0.2) is 18.1 Å². The first kappa shape index (κ1) is 16.2. The van der Waals surface area contributed by atoms with Gasteiger partial charge >= 0.3 is 0 Å². The minimum Gasteiger partial charge on any atom is -0.370 e. The van der Waals surface area contributed by atoms with Gasteiger partial charge in [-0.1, -0.05) is 0 Å². The van der Waals surface area contributed by atoms with Gasteiger partial charge in [-0.05, 0) is 46.3 Å². The van der Waals surface area contributed by atoms with Crippen molar-refractivity contribution in [1.29, 1.82) is 0 Å². The van der Waals surface area contributed by atoms with Crippen LogP contribution in [0, 0.1) is 0 Å². The standard InChI is InChI=1S/C14H24N4O2S/c1-4-15-14-10-13(5-7-16-14)21(19,20)17-12-6-8-18(3)11(2)9-12/h5,7,10-12,17H,4,6,8-9H2,1-3H3,(H,15,16). The van der Waals surface area contributed by atoms with Crippen molar-refractivity contribution in [2.24, 2.45) is 0 Å². The largest absolute Gasteiger partial charge is 0.370 e. The molecule has 1 fully saturated rings. The van der Waals surface area contributed by atoms with Crippen LogP contribution in [-0.2, 0) is 10.0 Å². The van der Waals surface area contributed by atoms with Crippen LogP contribution >= 0.6 is 0 Å². The first-order valence-electron chi connectivity index (χ1n) is 7.35. The van der Waals surface area contributed by atoms with Gasteiger partial charge in [0.05, 0.1) is 4.90 Å². The first-order valence-corrected chi connectivity index (χ1v) is 8.83. The zero-order valence-corrected chi connectivity index (χ0v) is 13.7. The Morgan fingerprint density at radius 3 is 2.90 bits per heavy atom. The Labute approximate surface area is 127 Å². The molecular weight excluding hydrogens is 288 g/mol. The van der Waals surface area contributed by atoms with Crippen LogP contribution in [0.4, 0.5) is 5.82 Å². The average molecular weight is 312 g/mol. The van der Waals surface area contributed by atoms with Crippen LogP contribution in [0.5, 0.6) is 0 Å². The summed E-state index contributed by atoms with van der Waals surface area (Å²) in [6.07, 6.45) is 3.19. The van der Waals surface area contributed by atoms with E-state index in [2.05, 4.69) is 33.9 Å². The van der Waals surface area contributed by atoms with Crippen molar-refractivity contribution in [3.8, 4) is 0 Å². The van der Waals surface area contributed by atoms with Gasteiger partial charge in [0, 0.05) is 30.9 Å². The zero-order chi connectivity index (χ0) is 15.5. The molecule has 2 N–H and O–H groups in total. The molecule has 2 unspecified atom stereocenters. The normalized spacial score (nSPS) is 24.0. The lowest BCUT2D eigenvalue weighted by molar-refractivity contribution is 0.178. The number of anilines is 1. The fourth-order valence-electron chi connectivity index (χ4n) is 2.54. The number of sulfonamides is 1. The maximum atomic E-state index is 12.5. The highest BCUT2D eigenvalue weighted by Gasteiger charge is 2.27. The minimum absolute atomic E-state index is 0.00282. The van der Waals surface area contributed by atoms with E-state index >= 15 is 0 Å². The number of likely N-dealkylation sites (tertiary alicyclic amines) is 1. The van der Waals surface area contributed by atoms with Gasteiger partial charge in [0.1, 0.15) is 5.82 Å². The predicted octanol–water partition coefficient (Wildman–Crippen LogP) is 1.27. The molecule has 2 rings (SSSR count). The van der Waals surface area contributed by atoms with E-state index in [1.54, 1.807) is 6.07 Å². The van der Waals surface area contributed by atoms with Crippen LogP contribution in [0.15, 0.2) is 23.2 Å². The van der Waals surface area contributed by atoms with Crippen LogP contribution in [0.1, 0.15) is 26.7 Å². The number of nitrogens with zero attached hydrogens (tertiary/aromatic N) is 2. The maximum Gasteiger partial charge on any atom is 0.241 e. The van der Waals surface area contributed by atoms with Crippen molar-refractivity contribution in [2.45, 2.75) is 43.7 Å². The number of nitrogens with one attached hydrogen (secondary N) is 2. The molecule has 1 aliphatic heterocycles. The third-order valence-corrected chi connectivity index (χ3v) is 5.45. The Hall–Kier alpha value is -1.18. The SMILES string of the molecule is CCNc1cc(S(=O)(=O)NC2CCN(C)C(C)C2)ccn1. The van der Waals surface area contributed by atoms with Crippen molar-refractivity contribution in [3.63, 3.8) is 0 Å². The van der Waals surface area contributed by atoms with Crippen LogP contribution < -0.4 is 10.0 Å². The topological polar surface area (TPSA) is 74.3 Å². The second-order valence-electron chi connectivity index (χ2n) is 5.58. The molecule has 6 nitrogen and oxygen atoms in total. The van der Waals surface area contributed by atoms with Gasteiger partial charge in [-0.2, -0.15) is 0 Å². The Balaban J connectivity index is 2.09. The number of pyridine rings is 1. The lowest BCUT2D eigenvalue weighted by Gasteiger charge is -2.35. The van der Waals surface area contributed by atoms with Crippen molar-refractivity contribution in [2.75, 3.05) is 25.5 Å². The summed E-state index contributed by atoms with van der Waals surface area (Å²) in [7, 11) is -1.42. The highest BCUT2D eigenvalue weighted by molar-refractivity contribution is 7.89. The smallest absolute Gasteiger partial charge is 0.241 e. The zero-order valence-electron chi connectivity index (χ0n) is 12.8. The molecule has 0 bridgehead atoms. The van der Waals surface area contributed by atoms with E-state index in [9.17, 15) is 8.42 Å². The van der Waals surface area contributed by atoms with Crippen LogP contribution in [0.2, 0.25) is 0 Å². The number of hydrogen-bond donors (Lipinski definition) is 2. The summed E-state index contributed by atoms with van der Waals surface area (Å²) < 4.78 is 27.8. The van der Waals surface area contributed by atoms with Gasteiger partial charge in [-0.15, -0.1) is 0 Å². The van der Waals surface area contributed by atoms with Crippen molar-refractivity contribution >= 4 is 15.8 Å². The second-order valence-corrected chi connectivity index (χ2v) is 7.29. The average Bonchev–Trinajstić information content (AvgIpc) is 2.43. The minimum atomic E-state index is -3.49. The van der Waals surface area contributed by atoms with Crippen LogP contribution in [-0.4, -0.2) is 50.5 Å². The molecule has 0 amide bonds. The molecule has 0 aliphatic carbocycles. The predicted molar refractivity (Wildman–Crippen MR) is 83.8 cm³/mol. The molecule has 118 valence electrons. The van der Waals surface area contributed by atoms with Crippen LogP contribution in [0.25, 0.3) is 0 Å². The molecule has 1 saturated heterocycles. The van der Waals surface area contributed by atoms with Crippen molar-refractivity contribution < 1.29 is 8.42 Å². The Morgan fingerprint density at radius 1 is 1.48 bits per heavy atom. The van der Waals surface area contributed by atoms with E-state index in [0.717, 1.165) is 19.4 Å². The summed E-state index contributed by atoms with van der Waals surface area (Å²) >= 11 is 0. The number of aromatic nitrogens is 1. The molecule has 0 aromatic carbocycles. The van der Waals surface area contributed by atoms with Gasteiger partial charge < -0.3 is 10.2 Å².